The van der Waals surface area contributed by atoms with Gasteiger partial charge in [-0.1, -0.05) is 25.5 Å². The van der Waals surface area contributed by atoms with E-state index in [1.807, 2.05) is 0 Å². The second kappa shape index (κ2) is 13.8. The van der Waals surface area contributed by atoms with Gasteiger partial charge in [-0.25, -0.2) is 4.57 Å². The van der Waals surface area contributed by atoms with Crippen LogP contribution in [0.15, 0.2) is 30.7 Å². The van der Waals surface area contributed by atoms with E-state index in [4.69, 9.17) is 9.05 Å². The number of aliphatic carboxylic acids is 2. The molecule has 0 spiro atoms. The van der Waals surface area contributed by atoms with Crippen molar-refractivity contribution in [2.24, 2.45) is 0 Å². The standard InChI is InChI=1S/C23H36N3O9P/c1-16(2)35-36(32,33)34-15-18-7-6-10-24-19(18)12-26(14-23(30)31)21-9-5-4-8-20(21)25(11-17(3)27)13-22(28)29/h6-7,10,16,20-21,27H,3-5,8-9,11-15H2,1-2H3,(H,28,29)(H,30,31)(H,32,33)/t20?,21-/m0/s1. The lowest BCUT2D eigenvalue weighted by Gasteiger charge is -2.44. The summed E-state index contributed by atoms with van der Waals surface area (Å²) in [4.78, 5) is 40.9. The zero-order valence-corrected chi connectivity index (χ0v) is 21.5. The largest absolute Gasteiger partial charge is 0.512 e. The van der Waals surface area contributed by atoms with Crippen LogP contribution in [0.5, 0.6) is 0 Å². The number of hydrogen-bond donors (Lipinski definition) is 4. The van der Waals surface area contributed by atoms with Crippen LogP contribution in [0, 0.1) is 0 Å². The van der Waals surface area contributed by atoms with E-state index in [0.29, 0.717) is 24.1 Å². The Morgan fingerprint density at radius 3 is 2.25 bits per heavy atom. The summed E-state index contributed by atoms with van der Waals surface area (Å²) in [5, 5.41) is 28.8. The van der Waals surface area contributed by atoms with Gasteiger partial charge in [0.1, 0.15) is 0 Å². The summed E-state index contributed by atoms with van der Waals surface area (Å²) in [5.41, 5.74) is 0.956. The fourth-order valence-corrected chi connectivity index (χ4v) is 5.39. The van der Waals surface area contributed by atoms with Gasteiger partial charge in [0.05, 0.1) is 43.8 Å². The summed E-state index contributed by atoms with van der Waals surface area (Å²) < 4.78 is 22.2. The predicted molar refractivity (Wildman–Crippen MR) is 130 cm³/mol. The van der Waals surface area contributed by atoms with Crippen molar-refractivity contribution in [2.45, 2.75) is 70.9 Å². The van der Waals surface area contributed by atoms with E-state index in [1.54, 1.807) is 35.8 Å². The Morgan fingerprint density at radius 2 is 1.69 bits per heavy atom. The summed E-state index contributed by atoms with van der Waals surface area (Å²) in [6, 6.07) is 2.64. The number of nitrogens with zero attached hydrogens (tertiary/aromatic N) is 3. The Kier molecular flexibility index (Phi) is 11.5. The molecule has 36 heavy (non-hydrogen) atoms. The minimum atomic E-state index is -4.30. The SMILES string of the molecule is C=C(O)CN(CC(=O)O)C1CCCC[C@@H]1N(CC(=O)O)Cc1ncccc1COP(=O)(O)OC(C)C. The molecule has 0 amide bonds. The van der Waals surface area contributed by atoms with Gasteiger partial charge in [0.2, 0.25) is 0 Å². The van der Waals surface area contributed by atoms with E-state index < -0.39 is 25.9 Å². The molecule has 1 heterocycles. The first kappa shape index (κ1) is 29.9. The van der Waals surface area contributed by atoms with Gasteiger partial charge in [0.15, 0.2) is 0 Å². The lowest BCUT2D eigenvalue weighted by molar-refractivity contribution is -0.142. The van der Waals surface area contributed by atoms with Crippen molar-refractivity contribution in [3.05, 3.63) is 41.9 Å². The second-order valence-electron chi connectivity index (χ2n) is 9.09. The average molecular weight is 530 g/mol. The third kappa shape index (κ3) is 9.96. The number of rotatable bonds is 15. The van der Waals surface area contributed by atoms with E-state index in [1.165, 1.54) is 6.20 Å². The first-order chi connectivity index (χ1) is 16.9. The molecule has 1 fully saturated rings. The third-order valence-electron chi connectivity index (χ3n) is 5.76. The van der Waals surface area contributed by atoms with Crippen molar-refractivity contribution >= 4 is 19.8 Å². The Labute approximate surface area is 210 Å². The molecule has 0 radical (unpaired) electrons. The van der Waals surface area contributed by atoms with Crippen LogP contribution in [0.1, 0.15) is 50.8 Å². The molecule has 3 atom stereocenters. The van der Waals surface area contributed by atoms with Crippen molar-refractivity contribution in [3.63, 3.8) is 0 Å². The van der Waals surface area contributed by atoms with Crippen LogP contribution < -0.4 is 0 Å². The van der Waals surface area contributed by atoms with Gasteiger partial charge in [-0.2, -0.15) is 0 Å². The number of carboxylic acids is 2. The molecule has 0 aliphatic heterocycles. The van der Waals surface area contributed by atoms with Crippen LogP contribution in [0.25, 0.3) is 0 Å². The van der Waals surface area contributed by atoms with Gasteiger partial charge >= 0.3 is 19.8 Å². The van der Waals surface area contributed by atoms with Gasteiger partial charge < -0.3 is 20.2 Å². The fraction of sp³-hybridized carbons (Fsp3) is 0.609. The van der Waals surface area contributed by atoms with E-state index in [-0.39, 0.29) is 50.6 Å². The molecule has 2 unspecified atom stereocenters. The molecule has 202 valence electrons. The molecule has 1 aromatic rings. The summed E-state index contributed by atoms with van der Waals surface area (Å²) in [6.45, 7) is 5.82. The zero-order valence-electron chi connectivity index (χ0n) is 20.7. The smallest absolute Gasteiger partial charge is 0.472 e. The molecule has 2 rings (SSSR count). The third-order valence-corrected chi connectivity index (χ3v) is 6.90. The van der Waals surface area contributed by atoms with Crippen molar-refractivity contribution in [1.29, 1.82) is 0 Å². The van der Waals surface area contributed by atoms with Crippen LogP contribution >= 0.6 is 7.82 Å². The first-order valence-electron chi connectivity index (χ1n) is 11.7. The molecule has 1 saturated carbocycles. The molecule has 1 aromatic heterocycles. The quantitative estimate of drug-likeness (QED) is 0.194. The van der Waals surface area contributed by atoms with Gasteiger partial charge in [-0.05, 0) is 32.8 Å². The van der Waals surface area contributed by atoms with Crippen LogP contribution in [0.4, 0.5) is 0 Å². The molecule has 1 aliphatic rings. The van der Waals surface area contributed by atoms with Crippen molar-refractivity contribution in [1.82, 2.24) is 14.8 Å². The van der Waals surface area contributed by atoms with Crippen molar-refractivity contribution in [2.75, 3.05) is 19.6 Å². The molecule has 4 N–H and O–H groups in total. The van der Waals surface area contributed by atoms with E-state index in [9.17, 15) is 34.4 Å². The minimum absolute atomic E-state index is 0.0430. The number of phosphoric ester groups is 1. The van der Waals surface area contributed by atoms with Crippen LogP contribution in [0.3, 0.4) is 0 Å². The highest BCUT2D eigenvalue weighted by molar-refractivity contribution is 7.47. The molecular formula is C23H36N3O9P. The number of hydrogen-bond acceptors (Lipinski definition) is 9. The maximum Gasteiger partial charge on any atom is 0.472 e. The number of pyridine rings is 1. The number of aliphatic hydroxyl groups excluding tert-OH is 1. The Hall–Kier alpha value is -2.34. The summed E-state index contributed by atoms with van der Waals surface area (Å²) >= 11 is 0. The number of aromatic nitrogens is 1. The number of phosphoric acid groups is 1. The number of carbonyl (C=O) groups is 2. The molecule has 0 aromatic carbocycles. The van der Waals surface area contributed by atoms with E-state index >= 15 is 0 Å². The molecule has 12 nitrogen and oxygen atoms in total. The van der Waals surface area contributed by atoms with Crippen molar-refractivity contribution in [3.8, 4) is 0 Å². The monoisotopic (exact) mass is 529 g/mol. The Balaban J connectivity index is 2.31. The summed E-state index contributed by atoms with van der Waals surface area (Å²) in [7, 11) is -4.30. The predicted octanol–water partition coefficient (Wildman–Crippen LogP) is 2.78. The lowest BCUT2D eigenvalue weighted by atomic mass is 9.87. The first-order valence-corrected chi connectivity index (χ1v) is 13.2. The highest BCUT2D eigenvalue weighted by Crippen LogP contribution is 2.45. The average Bonchev–Trinajstić information content (AvgIpc) is 2.76. The van der Waals surface area contributed by atoms with Crippen molar-refractivity contribution < 1.29 is 43.4 Å². The number of aliphatic hydroxyl groups is 1. The topological polar surface area (TPSA) is 170 Å². The zero-order chi connectivity index (χ0) is 26.9. The maximum absolute atomic E-state index is 12.1. The highest BCUT2D eigenvalue weighted by atomic mass is 31.2. The van der Waals surface area contributed by atoms with Crippen LogP contribution in [-0.2, 0) is 36.4 Å². The van der Waals surface area contributed by atoms with Crippen LogP contribution in [0.2, 0.25) is 0 Å². The van der Waals surface area contributed by atoms with Gasteiger partial charge in [-0.15, -0.1) is 0 Å². The van der Waals surface area contributed by atoms with Crippen LogP contribution in [-0.4, -0.2) is 84.8 Å². The minimum Gasteiger partial charge on any atom is -0.512 e. The van der Waals surface area contributed by atoms with Gasteiger partial charge in [-0.3, -0.25) is 33.4 Å². The molecule has 0 bridgehead atoms. The van der Waals surface area contributed by atoms with Gasteiger partial charge in [0, 0.05) is 30.4 Å². The van der Waals surface area contributed by atoms with Gasteiger partial charge in [0.25, 0.3) is 0 Å². The highest BCUT2D eigenvalue weighted by Gasteiger charge is 2.36. The van der Waals surface area contributed by atoms with E-state index in [2.05, 4.69) is 11.6 Å². The Morgan fingerprint density at radius 1 is 1.11 bits per heavy atom. The second-order valence-corrected chi connectivity index (χ2v) is 10.5. The lowest BCUT2D eigenvalue weighted by Crippen LogP contribution is -2.55. The molecule has 1 aliphatic carbocycles. The van der Waals surface area contributed by atoms with E-state index in [0.717, 1.165) is 12.8 Å². The molecule has 0 saturated heterocycles. The molecular weight excluding hydrogens is 493 g/mol. The Bertz CT molecular complexity index is 943. The number of carboxylic acid groups (broad SMARTS) is 2. The summed E-state index contributed by atoms with van der Waals surface area (Å²) in [6.07, 6.45) is 3.92. The molecule has 13 heteroatoms. The maximum atomic E-state index is 12.1. The summed E-state index contributed by atoms with van der Waals surface area (Å²) in [5.74, 6) is -2.30. The fourth-order valence-electron chi connectivity index (χ4n) is 4.49. The normalized spacial score (nSPS) is 19.9.